The summed E-state index contributed by atoms with van der Waals surface area (Å²) in [5.41, 5.74) is -0.880. The number of anilines is 1. The zero-order valence-corrected chi connectivity index (χ0v) is 12.3. The molecule has 0 aliphatic heterocycles. The van der Waals surface area contributed by atoms with Crippen molar-refractivity contribution in [3.05, 3.63) is 23.8 Å². The molecular weight excluding hydrogens is 367 g/mol. The summed E-state index contributed by atoms with van der Waals surface area (Å²) in [6.45, 7) is 0. The van der Waals surface area contributed by atoms with E-state index in [9.17, 15) is 45.4 Å². The van der Waals surface area contributed by atoms with E-state index < -0.39 is 47.8 Å². The van der Waals surface area contributed by atoms with E-state index in [2.05, 4.69) is 4.74 Å². The van der Waals surface area contributed by atoms with Gasteiger partial charge in [-0.1, -0.05) is 6.07 Å². The number of rotatable bonds is 5. The topological polar surface area (TPSA) is 75.6 Å². The molecule has 0 heterocycles. The smallest absolute Gasteiger partial charge is 0.460 e. The fourth-order valence-corrected chi connectivity index (χ4v) is 1.55. The SMILES string of the molecule is COC(=O)Cc1ccc(O)c(NC(=O)C(F)(F)C(F)(F)C(F)(F)F)c1. The number of aromatic hydroxyl groups is 1. The zero-order chi connectivity index (χ0) is 19.6. The van der Waals surface area contributed by atoms with Gasteiger partial charge in [0.25, 0.3) is 0 Å². The van der Waals surface area contributed by atoms with E-state index in [4.69, 9.17) is 0 Å². The molecule has 12 heteroatoms. The van der Waals surface area contributed by atoms with E-state index >= 15 is 0 Å². The molecule has 5 nitrogen and oxygen atoms in total. The van der Waals surface area contributed by atoms with Gasteiger partial charge in [-0.15, -0.1) is 0 Å². The Bertz CT molecular complexity index is 673. The van der Waals surface area contributed by atoms with Gasteiger partial charge in [-0.3, -0.25) is 9.59 Å². The molecule has 1 rings (SSSR count). The standard InChI is InChI=1S/C13H10F7NO4/c1-25-9(23)5-6-2-3-8(22)7(4-6)21-10(24)11(14,15)12(16,17)13(18,19)20/h2-4,22H,5H2,1H3,(H,21,24). The third kappa shape index (κ3) is 4.12. The Morgan fingerprint density at radius 3 is 2.16 bits per heavy atom. The van der Waals surface area contributed by atoms with E-state index in [1.54, 1.807) is 0 Å². The monoisotopic (exact) mass is 377 g/mol. The van der Waals surface area contributed by atoms with Gasteiger partial charge in [0.1, 0.15) is 5.75 Å². The lowest BCUT2D eigenvalue weighted by Gasteiger charge is -2.27. The zero-order valence-electron chi connectivity index (χ0n) is 12.3. The number of amides is 1. The number of nitrogens with one attached hydrogen (secondary N) is 1. The summed E-state index contributed by atoms with van der Waals surface area (Å²) in [7, 11) is 1.03. The van der Waals surface area contributed by atoms with E-state index in [1.165, 1.54) is 0 Å². The molecule has 25 heavy (non-hydrogen) atoms. The summed E-state index contributed by atoms with van der Waals surface area (Å²) in [6.07, 6.45) is -7.11. The van der Waals surface area contributed by atoms with Crippen LogP contribution in [0.15, 0.2) is 18.2 Å². The minimum atomic E-state index is -6.68. The maximum absolute atomic E-state index is 13.2. The molecule has 0 bridgehead atoms. The number of esters is 1. The molecule has 0 radical (unpaired) electrons. The van der Waals surface area contributed by atoms with Crippen LogP contribution in [0.25, 0.3) is 0 Å². The van der Waals surface area contributed by atoms with Crippen LogP contribution in [0.3, 0.4) is 0 Å². The van der Waals surface area contributed by atoms with E-state index in [-0.39, 0.29) is 5.56 Å². The second kappa shape index (κ2) is 6.76. The number of ether oxygens (including phenoxy) is 1. The van der Waals surface area contributed by atoms with Crippen LogP contribution in [0.4, 0.5) is 36.4 Å². The summed E-state index contributed by atoms with van der Waals surface area (Å²) >= 11 is 0. The van der Waals surface area contributed by atoms with Gasteiger partial charge in [0.15, 0.2) is 0 Å². The first-order valence-electron chi connectivity index (χ1n) is 6.26. The van der Waals surface area contributed by atoms with Gasteiger partial charge in [-0.2, -0.15) is 30.7 Å². The first kappa shape index (κ1) is 20.5. The highest BCUT2D eigenvalue weighted by atomic mass is 19.4. The summed E-state index contributed by atoms with van der Waals surface area (Å²) in [6, 6.07) is 2.67. The number of carbonyl (C=O) groups is 2. The molecule has 0 fully saturated rings. The van der Waals surface area contributed by atoms with E-state index in [1.807, 2.05) is 0 Å². The molecule has 0 saturated heterocycles. The van der Waals surface area contributed by atoms with Crippen molar-refractivity contribution in [3.63, 3.8) is 0 Å². The first-order valence-corrected chi connectivity index (χ1v) is 6.26. The normalized spacial score (nSPS) is 12.6. The third-order valence-corrected chi connectivity index (χ3v) is 2.92. The number of carbonyl (C=O) groups excluding carboxylic acids is 2. The van der Waals surface area contributed by atoms with Crippen molar-refractivity contribution in [3.8, 4) is 5.75 Å². The molecule has 0 aliphatic rings. The maximum Gasteiger partial charge on any atom is 0.460 e. The molecule has 0 spiro atoms. The van der Waals surface area contributed by atoms with Crippen LogP contribution in [0.2, 0.25) is 0 Å². The quantitative estimate of drug-likeness (QED) is 0.470. The Morgan fingerprint density at radius 2 is 1.68 bits per heavy atom. The van der Waals surface area contributed by atoms with Crippen molar-refractivity contribution in [1.29, 1.82) is 0 Å². The number of benzene rings is 1. The van der Waals surface area contributed by atoms with Crippen LogP contribution in [0.5, 0.6) is 5.75 Å². The Balaban J connectivity index is 3.11. The number of phenols is 1. The van der Waals surface area contributed by atoms with Gasteiger partial charge in [0, 0.05) is 0 Å². The number of alkyl halides is 7. The van der Waals surface area contributed by atoms with Gasteiger partial charge in [-0.25, -0.2) is 0 Å². The van der Waals surface area contributed by atoms with E-state index in [0.717, 1.165) is 30.6 Å². The van der Waals surface area contributed by atoms with Crippen molar-refractivity contribution in [2.24, 2.45) is 0 Å². The number of halogens is 7. The Kier molecular flexibility index (Phi) is 5.55. The van der Waals surface area contributed by atoms with Crippen LogP contribution in [-0.4, -0.2) is 42.1 Å². The van der Waals surface area contributed by atoms with Gasteiger partial charge in [0.2, 0.25) is 0 Å². The molecule has 0 aliphatic carbocycles. The summed E-state index contributed by atoms with van der Waals surface area (Å²) < 4.78 is 92.5. The fourth-order valence-electron chi connectivity index (χ4n) is 1.55. The molecule has 1 amide bonds. The van der Waals surface area contributed by atoms with Crippen molar-refractivity contribution in [2.75, 3.05) is 12.4 Å². The summed E-state index contributed by atoms with van der Waals surface area (Å²) in [5, 5.41) is 10.5. The van der Waals surface area contributed by atoms with Crippen molar-refractivity contribution < 1.29 is 50.2 Å². The van der Waals surface area contributed by atoms with Crippen LogP contribution in [0, 0.1) is 0 Å². The van der Waals surface area contributed by atoms with E-state index in [0.29, 0.717) is 0 Å². The average Bonchev–Trinajstić information content (AvgIpc) is 2.48. The fraction of sp³-hybridized carbons (Fsp3) is 0.385. The number of hydrogen-bond acceptors (Lipinski definition) is 4. The maximum atomic E-state index is 13.2. The van der Waals surface area contributed by atoms with Gasteiger partial charge in [-0.05, 0) is 17.7 Å². The van der Waals surface area contributed by atoms with Gasteiger partial charge >= 0.3 is 29.9 Å². The molecule has 1 aromatic rings. The Labute approximate surface area is 135 Å². The van der Waals surface area contributed by atoms with Gasteiger partial charge < -0.3 is 15.2 Å². The molecule has 140 valence electrons. The van der Waals surface area contributed by atoms with Crippen molar-refractivity contribution in [2.45, 2.75) is 24.4 Å². The highest BCUT2D eigenvalue weighted by Crippen LogP contribution is 2.47. The Hall–Kier alpha value is -2.53. The minimum Gasteiger partial charge on any atom is -0.506 e. The molecule has 0 aromatic heterocycles. The second-order valence-corrected chi connectivity index (χ2v) is 4.71. The molecule has 0 atom stereocenters. The largest absolute Gasteiger partial charge is 0.506 e. The lowest BCUT2D eigenvalue weighted by molar-refractivity contribution is -0.343. The molecular formula is C13H10F7NO4. The highest BCUT2D eigenvalue weighted by Gasteiger charge is 2.76. The summed E-state index contributed by atoms with van der Waals surface area (Å²) in [4.78, 5) is 22.3. The molecule has 0 saturated carbocycles. The van der Waals surface area contributed by atoms with Crippen LogP contribution in [-0.2, 0) is 20.7 Å². The minimum absolute atomic E-state index is 0.00541. The third-order valence-electron chi connectivity index (χ3n) is 2.92. The van der Waals surface area contributed by atoms with Crippen molar-refractivity contribution in [1.82, 2.24) is 0 Å². The molecule has 1 aromatic carbocycles. The predicted octanol–water partition coefficient (Wildman–Crippen LogP) is 2.88. The number of hydrogen-bond donors (Lipinski definition) is 2. The van der Waals surface area contributed by atoms with Crippen LogP contribution in [0.1, 0.15) is 5.56 Å². The lowest BCUT2D eigenvalue weighted by atomic mass is 10.1. The lowest BCUT2D eigenvalue weighted by Crippen LogP contribution is -2.57. The second-order valence-electron chi connectivity index (χ2n) is 4.71. The molecule has 2 N–H and O–H groups in total. The van der Waals surface area contributed by atoms with Crippen LogP contribution >= 0.6 is 0 Å². The van der Waals surface area contributed by atoms with Gasteiger partial charge in [0.05, 0.1) is 19.2 Å². The molecule has 0 unspecified atom stereocenters. The Morgan fingerprint density at radius 1 is 1.12 bits per heavy atom. The predicted molar refractivity (Wildman–Crippen MR) is 68.4 cm³/mol. The van der Waals surface area contributed by atoms with Crippen molar-refractivity contribution >= 4 is 17.6 Å². The average molecular weight is 377 g/mol. The number of phenolic OH excluding ortho intramolecular Hbond substituents is 1. The first-order chi connectivity index (χ1) is 11.2. The highest BCUT2D eigenvalue weighted by molar-refractivity contribution is 5.98. The number of methoxy groups -OCH3 is 1. The summed E-state index contributed by atoms with van der Waals surface area (Å²) in [5.74, 6) is -17.5. The van der Waals surface area contributed by atoms with Crippen LogP contribution < -0.4 is 5.32 Å².